The Morgan fingerprint density at radius 2 is 2.00 bits per heavy atom. The molecule has 0 aromatic rings. The second kappa shape index (κ2) is 6.97. The molecule has 3 fully saturated rings. The van der Waals surface area contributed by atoms with Gasteiger partial charge in [-0.25, -0.2) is 0 Å². The molecule has 0 amide bonds. The first kappa shape index (κ1) is 15.8. The summed E-state index contributed by atoms with van der Waals surface area (Å²) in [4.78, 5) is 2.83. The highest BCUT2D eigenvalue weighted by atomic mass is 16.5. The van der Waals surface area contributed by atoms with Crippen LogP contribution in [0.4, 0.5) is 0 Å². The number of ether oxygens (including phenoxy) is 1. The Balaban J connectivity index is 1.65. The van der Waals surface area contributed by atoms with Gasteiger partial charge in [0.2, 0.25) is 0 Å². The van der Waals surface area contributed by atoms with E-state index in [0.29, 0.717) is 11.6 Å². The lowest BCUT2D eigenvalue weighted by Crippen LogP contribution is -2.66. The predicted octanol–water partition coefficient (Wildman–Crippen LogP) is 3.05. The van der Waals surface area contributed by atoms with Crippen molar-refractivity contribution in [1.29, 1.82) is 0 Å². The molecule has 2 aliphatic heterocycles. The fourth-order valence-electron chi connectivity index (χ4n) is 4.72. The van der Waals surface area contributed by atoms with Crippen LogP contribution in [0.5, 0.6) is 0 Å². The molecule has 21 heavy (non-hydrogen) atoms. The molecule has 3 heteroatoms. The van der Waals surface area contributed by atoms with Crippen LogP contribution in [0.3, 0.4) is 0 Å². The maximum atomic E-state index is 5.71. The van der Waals surface area contributed by atoms with Crippen LogP contribution in [0, 0.1) is 11.8 Å². The number of rotatable bonds is 3. The first-order valence-electron chi connectivity index (χ1n) is 9.25. The molecule has 2 unspecified atom stereocenters. The topological polar surface area (TPSA) is 24.5 Å². The van der Waals surface area contributed by atoms with E-state index in [0.717, 1.165) is 25.0 Å². The van der Waals surface area contributed by atoms with Crippen molar-refractivity contribution in [2.24, 2.45) is 11.8 Å². The Kier molecular flexibility index (Phi) is 5.23. The van der Waals surface area contributed by atoms with Crippen LogP contribution in [-0.4, -0.2) is 49.3 Å². The Hall–Kier alpha value is -0.120. The minimum Gasteiger partial charge on any atom is -0.381 e. The number of piperazine rings is 1. The van der Waals surface area contributed by atoms with E-state index in [1.165, 1.54) is 64.6 Å². The van der Waals surface area contributed by atoms with Crippen molar-refractivity contribution < 1.29 is 4.74 Å². The number of nitrogens with zero attached hydrogens (tertiary/aromatic N) is 1. The molecule has 1 saturated carbocycles. The molecule has 1 N–H and O–H groups in total. The van der Waals surface area contributed by atoms with Crippen LogP contribution in [0.1, 0.15) is 58.8 Å². The second-order valence-electron chi connectivity index (χ2n) is 8.05. The van der Waals surface area contributed by atoms with Gasteiger partial charge in [0.1, 0.15) is 0 Å². The molecule has 2 heterocycles. The molecule has 0 aromatic carbocycles. The van der Waals surface area contributed by atoms with E-state index in [2.05, 4.69) is 24.1 Å². The Labute approximate surface area is 130 Å². The summed E-state index contributed by atoms with van der Waals surface area (Å²) in [6.07, 6.45) is 9.66. The summed E-state index contributed by atoms with van der Waals surface area (Å²) < 4.78 is 5.71. The van der Waals surface area contributed by atoms with Gasteiger partial charge in [0.15, 0.2) is 0 Å². The first-order chi connectivity index (χ1) is 10.2. The number of hydrogen-bond acceptors (Lipinski definition) is 3. The van der Waals surface area contributed by atoms with Gasteiger partial charge in [0, 0.05) is 37.8 Å². The standard InChI is InChI=1S/C18H34N2O/c1-15(2)17-11-19-18(8-4-3-5-9-18)14-20(17)12-16-7-6-10-21-13-16/h15-17,19H,3-14H2,1-2H3. The summed E-state index contributed by atoms with van der Waals surface area (Å²) in [5.74, 6) is 1.50. The zero-order valence-electron chi connectivity index (χ0n) is 14.1. The average molecular weight is 294 g/mol. The van der Waals surface area contributed by atoms with E-state index in [1.54, 1.807) is 0 Å². The minimum absolute atomic E-state index is 0.430. The molecule has 1 spiro atoms. The van der Waals surface area contributed by atoms with Gasteiger partial charge in [-0.15, -0.1) is 0 Å². The Morgan fingerprint density at radius 3 is 2.67 bits per heavy atom. The molecular weight excluding hydrogens is 260 g/mol. The van der Waals surface area contributed by atoms with Crippen LogP contribution >= 0.6 is 0 Å². The van der Waals surface area contributed by atoms with E-state index in [4.69, 9.17) is 4.74 Å². The molecule has 3 rings (SSSR count). The van der Waals surface area contributed by atoms with Gasteiger partial charge in [-0.1, -0.05) is 33.1 Å². The van der Waals surface area contributed by atoms with Gasteiger partial charge in [-0.05, 0) is 37.5 Å². The largest absolute Gasteiger partial charge is 0.381 e. The summed E-state index contributed by atoms with van der Waals surface area (Å²) >= 11 is 0. The van der Waals surface area contributed by atoms with E-state index >= 15 is 0 Å². The van der Waals surface area contributed by atoms with Crippen LogP contribution in [-0.2, 0) is 4.74 Å². The van der Waals surface area contributed by atoms with Gasteiger partial charge < -0.3 is 10.1 Å². The van der Waals surface area contributed by atoms with Crippen molar-refractivity contribution in [3.8, 4) is 0 Å². The van der Waals surface area contributed by atoms with E-state index in [-0.39, 0.29) is 0 Å². The lowest BCUT2D eigenvalue weighted by Gasteiger charge is -2.51. The van der Waals surface area contributed by atoms with Crippen molar-refractivity contribution in [2.75, 3.05) is 32.8 Å². The van der Waals surface area contributed by atoms with Crippen LogP contribution in [0.15, 0.2) is 0 Å². The van der Waals surface area contributed by atoms with Gasteiger partial charge in [-0.2, -0.15) is 0 Å². The maximum Gasteiger partial charge on any atom is 0.0506 e. The molecule has 0 radical (unpaired) electrons. The van der Waals surface area contributed by atoms with Crippen molar-refractivity contribution in [3.05, 3.63) is 0 Å². The van der Waals surface area contributed by atoms with Gasteiger partial charge >= 0.3 is 0 Å². The third-order valence-electron chi connectivity index (χ3n) is 5.99. The lowest BCUT2D eigenvalue weighted by molar-refractivity contribution is -0.00737. The SMILES string of the molecule is CC(C)C1CNC2(CCCCC2)CN1CC1CCCOC1. The van der Waals surface area contributed by atoms with Crippen LogP contribution < -0.4 is 5.32 Å². The Bertz CT molecular complexity index is 319. The molecule has 0 bridgehead atoms. The maximum absolute atomic E-state index is 5.71. The Morgan fingerprint density at radius 1 is 1.19 bits per heavy atom. The fraction of sp³-hybridized carbons (Fsp3) is 1.00. The van der Waals surface area contributed by atoms with Crippen LogP contribution in [0.25, 0.3) is 0 Å². The fourth-order valence-corrected chi connectivity index (χ4v) is 4.72. The lowest BCUT2D eigenvalue weighted by atomic mass is 9.78. The van der Waals surface area contributed by atoms with E-state index in [9.17, 15) is 0 Å². The molecular formula is C18H34N2O. The zero-order chi connectivity index (χ0) is 14.7. The summed E-state index contributed by atoms with van der Waals surface area (Å²) in [6.45, 7) is 10.5. The number of nitrogens with one attached hydrogen (secondary N) is 1. The van der Waals surface area contributed by atoms with Crippen molar-refractivity contribution in [1.82, 2.24) is 10.2 Å². The summed E-state index contributed by atoms with van der Waals surface area (Å²) in [5, 5.41) is 3.96. The first-order valence-corrected chi connectivity index (χ1v) is 9.25. The highest BCUT2D eigenvalue weighted by molar-refractivity contribution is 5.00. The molecule has 3 nitrogen and oxygen atoms in total. The summed E-state index contributed by atoms with van der Waals surface area (Å²) in [7, 11) is 0. The van der Waals surface area contributed by atoms with Crippen molar-refractivity contribution >= 4 is 0 Å². The van der Waals surface area contributed by atoms with Gasteiger partial charge in [0.05, 0.1) is 6.61 Å². The smallest absolute Gasteiger partial charge is 0.0506 e. The second-order valence-corrected chi connectivity index (χ2v) is 8.05. The van der Waals surface area contributed by atoms with E-state index in [1.807, 2.05) is 0 Å². The summed E-state index contributed by atoms with van der Waals surface area (Å²) in [6, 6.07) is 0.708. The molecule has 2 atom stereocenters. The highest BCUT2D eigenvalue weighted by Crippen LogP contribution is 2.33. The molecule has 0 aromatic heterocycles. The minimum atomic E-state index is 0.430. The zero-order valence-corrected chi connectivity index (χ0v) is 14.1. The molecule has 3 aliphatic rings. The average Bonchev–Trinajstić information content (AvgIpc) is 2.49. The number of hydrogen-bond donors (Lipinski definition) is 1. The van der Waals surface area contributed by atoms with Crippen LogP contribution in [0.2, 0.25) is 0 Å². The highest BCUT2D eigenvalue weighted by Gasteiger charge is 2.41. The third kappa shape index (κ3) is 3.80. The molecule has 122 valence electrons. The van der Waals surface area contributed by atoms with Crippen molar-refractivity contribution in [2.45, 2.75) is 70.4 Å². The van der Waals surface area contributed by atoms with E-state index < -0.39 is 0 Å². The third-order valence-corrected chi connectivity index (χ3v) is 5.99. The monoisotopic (exact) mass is 294 g/mol. The normalized spacial score (nSPS) is 34.4. The predicted molar refractivity (Wildman–Crippen MR) is 87.6 cm³/mol. The molecule has 2 saturated heterocycles. The van der Waals surface area contributed by atoms with Gasteiger partial charge in [-0.3, -0.25) is 4.90 Å². The van der Waals surface area contributed by atoms with Gasteiger partial charge in [0.25, 0.3) is 0 Å². The molecule has 1 aliphatic carbocycles. The van der Waals surface area contributed by atoms with Crippen molar-refractivity contribution in [3.63, 3.8) is 0 Å². The summed E-state index contributed by atoms with van der Waals surface area (Å²) in [5.41, 5.74) is 0.430. The quantitative estimate of drug-likeness (QED) is 0.866.